The van der Waals surface area contributed by atoms with E-state index >= 15 is 0 Å². The lowest BCUT2D eigenvalue weighted by Crippen LogP contribution is -2.14. The molecule has 1 heterocycles. The monoisotopic (exact) mass is 345 g/mol. The van der Waals surface area contributed by atoms with Gasteiger partial charge in [0.25, 0.3) is 0 Å². The Hall–Kier alpha value is -3.60. The topological polar surface area (TPSA) is 69.7 Å². The van der Waals surface area contributed by atoms with E-state index in [9.17, 15) is 0 Å². The number of hydrogen-bond acceptors (Lipinski definition) is 4. The van der Waals surface area contributed by atoms with Gasteiger partial charge in [-0.25, -0.2) is 4.98 Å². The molecule has 0 spiro atoms. The first-order valence-corrected chi connectivity index (χ1v) is 8.17. The van der Waals surface area contributed by atoms with Crippen LogP contribution in [0, 0.1) is 0 Å². The lowest BCUT2D eigenvalue weighted by atomic mass is 10.2. The van der Waals surface area contributed by atoms with Crippen molar-refractivity contribution in [1.29, 1.82) is 0 Å². The van der Waals surface area contributed by atoms with E-state index in [0.29, 0.717) is 18.1 Å². The van der Waals surface area contributed by atoms with Gasteiger partial charge in [0.2, 0.25) is 5.88 Å². The second-order valence-electron chi connectivity index (χ2n) is 5.39. The number of para-hydroxylation sites is 1. The zero-order chi connectivity index (χ0) is 18.0. The van der Waals surface area contributed by atoms with Crippen LogP contribution in [0.3, 0.4) is 0 Å². The molecule has 0 atom stereocenters. The molecule has 0 unspecified atom stereocenters. The molecule has 130 valence electrons. The molecule has 0 saturated heterocycles. The van der Waals surface area contributed by atoms with Crippen LogP contribution in [0.4, 0.5) is 0 Å². The van der Waals surface area contributed by atoms with Crippen molar-refractivity contribution in [3.05, 3.63) is 96.2 Å². The van der Waals surface area contributed by atoms with Crippen molar-refractivity contribution < 1.29 is 9.57 Å². The number of nitrogens with two attached hydrogens (primary N) is 1. The Labute approximate surface area is 152 Å². The highest BCUT2D eigenvalue weighted by Crippen LogP contribution is 2.18. The standard InChI is InChI=1S/C21H19N3O2/c22-21(24-25-15-7-10-17-8-3-1-4-9-17)18-13-14-20(23-16-18)26-19-11-5-2-6-12-19/h1-14,16H,15H2,(H2,22,24)/b10-7+. The van der Waals surface area contributed by atoms with Gasteiger partial charge in [-0.1, -0.05) is 59.8 Å². The highest BCUT2D eigenvalue weighted by molar-refractivity contribution is 5.96. The van der Waals surface area contributed by atoms with Gasteiger partial charge in [-0.15, -0.1) is 0 Å². The first-order chi connectivity index (χ1) is 12.8. The average molecular weight is 345 g/mol. The third-order valence-corrected chi connectivity index (χ3v) is 3.44. The third-order valence-electron chi connectivity index (χ3n) is 3.44. The number of rotatable bonds is 7. The summed E-state index contributed by atoms with van der Waals surface area (Å²) in [6.45, 7) is 0.332. The summed E-state index contributed by atoms with van der Waals surface area (Å²) in [6, 6.07) is 22.9. The molecule has 0 aliphatic rings. The average Bonchev–Trinajstić information content (AvgIpc) is 2.70. The number of hydrogen-bond donors (Lipinski definition) is 1. The fourth-order valence-electron chi connectivity index (χ4n) is 2.15. The van der Waals surface area contributed by atoms with Crippen LogP contribution < -0.4 is 10.5 Å². The first kappa shape index (κ1) is 17.2. The van der Waals surface area contributed by atoms with Crippen LogP contribution in [-0.4, -0.2) is 17.4 Å². The Bertz CT molecular complexity index is 861. The van der Waals surface area contributed by atoms with Crippen LogP contribution in [0.2, 0.25) is 0 Å². The molecular weight excluding hydrogens is 326 g/mol. The molecule has 5 heteroatoms. The van der Waals surface area contributed by atoms with Gasteiger partial charge in [-0.05, 0) is 29.8 Å². The minimum Gasteiger partial charge on any atom is -0.439 e. The molecular formula is C21H19N3O2. The predicted octanol–water partition coefficient (Wildman–Crippen LogP) is 4.22. The van der Waals surface area contributed by atoms with Crippen molar-refractivity contribution >= 4 is 11.9 Å². The molecule has 0 amide bonds. The van der Waals surface area contributed by atoms with Gasteiger partial charge in [0.15, 0.2) is 5.84 Å². The second-order valence-corrected chi connectivity index (χ2v) is 5.39. The van der Waals surface area contributed by atoms with Crippen LogP contribution in [0.25, 0.3) is 6.08 Å². The Morgan fingerprint density at radius 3 is 2.38 bits per heavy atom. The normalized spacial score (nSPS) is 11.5. The highest BCUT2D eigenvalue weighted by Gasteiger charge is 2.02. The van der Waals surface area contributed by atoms with Crippen LogP contribution in [-0.2, 0) is 4.84 Å². The zero-order valence-electron chi connectivity index (χ0n) is 14.2. The quantitative estimate of drug-likeness (QED) is 0.301. The maximum atomic E-state index is 5.91. The molecule has 5 nitrogen and oxygen atoms in total. The van der Waals surface area contributed by atoms with Crippen molar-refractivity contribution in [3.8, 4) is 11.6 Å². The fraction of sp³-hybridized carbons (Fsp3) is 0.0476. The summed E-state index contributed by atoms with van der Waals surface area (Å²) in [5.41, 5.74) is 7.68. The smallest absolute Gasteiger partial charge is 0.219 e. The Kier molecular flexibility index (Phi) is 5.99. The predicted molar refractivity (Wildman–Crippen MR) is 103 cm³/mol. The first-order valence-electron chi connectivity index (χ1n) is 8.17. The molecule has 1 aromatic heterocycles. The number of benzene rings is 2. The van der Waals surface area contributed by atoms with E-state index in [1.165, 1.54) is 0 Å². The van der Waals surface area contributed by atoms with Gasteiger partial charge in [0.1, 0.15) is 12.4 Å². The third kappa shape index (κ3) is 5.21. The molecule has 2 N–H and O–H groups in total. The fourth-order valence-corrected chi connectivity index (χ4v) is 2.15. The van der Waals surface area contributed by atoms with E-state index in [-0.39, 0.29) is 5.84 Å². The molecule has 0 saturated carbocycles. The van der Waals surface area contributed by atoms with E-state index in [2.05, 4.69) is 10.1 Å². The molecule has 0 bridgehead atoms. The largest absolute Gasteiger partial charge is 0.439 e. The molecule has 2 aromatic carbocycles. The molecule has 3 rings (SSSR count). The van der Waals surface area contributed by atoms with E-state index < -0.39 is 0 Å². The van der Waals surface area contributed by atoms with Gasteiger partial charge < -0.3 is 15.3 Å². The molecule has 0 aliphatic heterocycles. The van der Waals surface area contributed by atoms with Crippen molar-refractivity contribution in [1.82, 2.24) is 4.98 Å². The number of oxime groups is 1. The van der Waals surface area contributed by atoms with E-state index in [0.717, 1.165) is 11.3 Å². The Morgan fingerprint density at radius 2 is 1.69 bits per heavy atom. The minimum atomic E-state index is 0.261. The van der Waals surface area contributed by atoms with E-state index in [1.807, 2.05) is 72.8 Å². The number of amidine groups is 1. The van der Waals surface area contributed by atoms with Crippen LogP contribution in [0.5, 0.6) is 11.6 Å². The minimum absolute atomic E-state index is 0.261. The number of nitrogens with zero attached hydrogens (tertiary/aromatic N) is 2. The van der Waals surface area contributed by atoms with Gasteiger partial charge in [-0.2, -0.15) is 0 Å². The molecule has 0 radical (unpaired) electrons. The van der Waals surface area contributed by atoms with Crippen LogP contribution in [0.15, 0.2) is 90.2 Å². The molecule has 0 fully saturated rings. The van der Waals surface area contributed by atoms with Crippen LogP contribution >= 0.6 is 0 Å². The summed E-state index contributed by atoms with van der Waals surface area (Å²) in [5.74, 6) is 1.47. The Morgan fingerprint density at radius 1 is 0.962 bits per heavy atom. The summed E-state index contributed by atoms with van der Waals surface area (Å²) in [7, 11) is 0. The SMILES string of the molecule is N/C(=N\OC/C=C/c1ccccc1)c1ccc(Oc2ccccc2)nc1. The second kappa shape index (κ2) is 9.03. The lowest BCUT2D eigenvalue weighted by molar-refractivity contribution is 0.175. The number of aromatic nitrogens is 1. The maximum absolute atomic E-state index is 5.91. The summed E-state index contributed by atoms with van der Waals surface area (Å²) < 4.78 is 5.64. The number of pyridine rings is 1. The molecule has 0 aliphatic carbocycles. The summed E-state index contributed by atoms with van der Waals surface area (Å²) in [5, 5.41) is 3.90. The van der Waals surface area contributed by atoms with E-state index in [4.69, 9.17) is 15.3 Å². The zero-order valence-corrected chi connectivity index (χ0v) is 14.2. The van der Waals surface area contributed by atoms with Crippen molar-refractivity contribution in [2.45, 2.75) is 0 Å². The summed E-state index contributed by atoms with van der Waals surface area (Å²) in [6.07, 6.45) is 5.43. The summed E-state index contributed by atoms with van der Waals surface area (Å²) in [4.78, 5) is 9.44. The van der Waals surface area contributed by atoms with Crippen LogP contribution in [0.1, 0.15) is 11.1 Å². The maximum Gasteiger partial charge on any atom is 0.219 e. The molecule has 3 aromatic rings. The highest BCUT2D eigenvalue weighted by atomic mass is 16.6. The van der Waals surface area contributed by atoms with Crippen molar-refractivity contribution in [3.63, 3.8) is 0 Å². The van der Waals surface area contributed by atoms with Crippen molar-refractivity contribution in [2.24, 2.45) is 10.9 Å². The lowest BCUT2D eigenvalue weighted by Gasteiger charge is -2.05. The van der Waals surface area contributed by atoms with Gasteiger partial charge in [0.05, 0.1) is 0 Å². The number of ether oxygens (including phenoxy) is 1. The summed E-state index contributed by atoms with van der Waals surface area (Å²) >= 11 is 0. The van der Waals surface area contributed by atoms with E-state index in [1.54, 1.807) is 18.3 Å². The van der Waals surface area contributed by atoms with Gasteiger partial charge in [-0.3, -0.25) is 0 Å². The Balaban J connectivity index is 1.51. The van der Waals surface area contributed by atoms with Gasteiger partial charge >= 0.3 is 0 Å². The van der Waals surface area contributed by atoms with Gasteiger partial charge in [0, 0.05) is 17.8 Å². The molecule has 26 heavy (non-hydrogen) atoms. The van der Waals surface area contributed by atoms with Crippen molar-refractivity contribution in [2.75, 3.05) is 6.61 Å².